The van der Waals surface area contributed by atoms with Crippen molar-refractivity contribution in [2.75, 3.05) is 5.32 Å². The molecule has 0 spiro atoms. The lowest BCUT2D eigenvalue weighted by Crippen LogP contribution is -2.48. The molecule has 1 aliphatic rings. The third-order valence-corrected chi connectivity index (χ3v) is 5.64. The minimum atomic E-state index is -0.991. The molecule has 1 N–H and O–H groups in total. The van der Waals surface area contributed by atoms with Gasteiger partial charge in [0.15, 0.2) is 0 Å². The average molecular weight is 416 g/mol. The highest BCUT2D eigenvalue weighted by Gasteiger charge is 2.42. The predicted octanol–water partition coefficient (Wildman–Crippen LogP) is 3.70. The van der Waals surface area contributed by atoms with Crippen molar-refractivity contribution >= 4 is 23.5 Å². The van der Waals surface area contributed by atoms with Crippen LogP contribution in [0.1, 0.15) is 52.6 Å². The zero-order valence-electron chi connectivity index (χ0n) is 17.5. The van der Waals surface area contributed by atoms with E-state index in [4.69, 9.17) is 0 Å². The lowest BCUT2D eigenvalue weighted by atomic mass is 10.0. The van der Waals surface area contributed by atoms with Crippen molar-refractivity contribution in [1.82, 2.24) is 14.7 Å². The molecule has 7 nitrogen and oxygen atoms in total. The Balaban J connectivity index is 1.67. The number of anilines is 1. The van der Waals surface area contributed by atoms with Gasteiger partial charge in [0.25, 0.3) is 11.8 Å². The SMILES string of the molecule is CC[C@@H](C)n1nccc1NC(=O)[C@H](Cc1ccccc1)N1C(=O)c2ccccc2C1=O. The van der Waals surface area contributed by atoms with Crippen LogP contribution in [0, 0.1) is 0 Å². The first-order chi connectivity index (χ1) is 15.0. The maximum atomic E-state index is 13.4. The van der Waals surface area contributed by atoms with Crippen molar-refractivity contribution in [3.05, 3.63) is 83.6 Å². The topological polar surface area (TPSA) is 84.3 Å². The van der Waals surface area contributed by atoms with Gasteiger partial charge in [-0.1, -0.05) is 49.4 Å². The molecule has 3 amide bonds. The number of rotatable bonds is 7. The molecule has 0 bridgehead atoms. The quantitative estimate of drug-likeness (QED) is 0.595. The highest BCUT2D eigenvalue weighted by molar-refractivity contribution is 6.23. The van der Waals surface area contributed by atoms with Gasteiger partial charge < -0.3 is 5.32 Å². The van der Waals surface area contributed by atoms with Crippen LogP contribution in [0.5, 0.6) is 0 Å². The molecule has 3 aromatic rings. The van der Waals surface area contributed by atoms with Crippen LogP contribution in [-0.2, 0) is 11.2 Å². The third-order valence-electron chi connectivity index (χ3n) is 5.64. The van der Waals surface area contributed by atoms with Crippen molar-refractivity contribution < 1.29 is 14.4 Å². The van der Waals surface area contributed by atoms with Gasteiger partial charge in [-0.25, -0.2) is 4.68 Å². The fourth-order valence-electron chi connectivity index (χ4n) is 3.78. The number of nitrogens with zero attached hydrogens (tertiary/aromatic N) is 3. The van der Waals surface area contributed by atoms with Crippen LogP contribution in [-0.4, -0.2) is 38.4 Å². The first kappa shape index (κ1) is 20.5. The molecule has 0 saturated heterocycles. The largest absolute Gasteiger partial charge is 0.309 e. The van der Waals surface area contributed by atoms with Gasteiger partial charge in [0.1, 0.15) is 11.9 Å². The van der Waals surface area contributed by atoms with Crippen LogP contribution in [0.3, 0.4) is 0 Å². The zero-order valence-corrected chi connectivity index (χ0v) is 17.5. The molecule has 4 rings (SSSR count). The summed E-state index contributed by atoms with van der Waals surface area (Å²) in [7, 11) is 0. The molecule has 0 radical (unpaired) electrons. The Hall–Kier alpha value is -3.74. The zero-order chi connectivity index (χ0) is 22.0. The first-order valence-corrected chi connectivity index (χ1v) is 10.4. The Bertz CT molecular complexity index is 1090. The summed E-state index contributed by atoms with van der Waals surface area (Å²) in [5.41, 5.74) is 1.50. The van der Waals surface area contributed by atoms with E-state index in [0.29, 0.717) is 16.9 Å². The number of imide groups is 1. The average Bonchev–Trinajstić information content (AvgIpc) is 3.35. The molecule has 0 aliphatic carbocycles. The minimum Gasteiger partial charge on any atom is -0.309 e. The van der Waals surface area contributed by atoms with E-state index in [2.05, 4.69) is 10.4 Å². The Morgan fingerprint density at radius 1 is 0.968 bits per heavy atom. The monoisotopic (exact) mass is 416 g/mol. The van der Waals surface area contributed by atoms with Crippen molar-refractivity contribution in [1.29, 1.82) is 0 Å². The second-order valence-corrected chi connectivity index (χ2v) is 7.64. The molecule has 158 valence electrons. The van der Waals surface area contributed by atoms with Crippen LogP contribution >= 0.6 is 0 Å². The number of carbonyl (C=O) groups is 3. The molecule has 2 heterocycles. The van der Waals surface area contributed by atoms with Gasteiger partial charge in [0.2, 0.25) is 5.91 Å². The Morgan fingerprint density at radius 3 is 2.19 bits per heavy atom. The van der Waals surface area contributed by atoms with E-state index in [1.165, 1.54) is 0 Å². The Labute approximate surface area is 180 Å². The van der Waals surface area contributed by atoms with E-state index in [0.717, 1.165) is 16.9 Å². The lowest BCUT2D eigenvalue weighted by molar-refractivity contribution is -0.120. The van der Waals surface area contributed by atoms with Crippen LogP contribution < -0.4 is 5.32 Å². The predicted molar refractivity (Wildman–Crippen MR) is 117 cm³/mol. The highest BCUT2D eigenvalue weighted by atomic mass is 16.2. The van der Waals surface area contributed by atoms with Gasteiger partial charge >= 0.3 is 0 Å². The number of nitrogens with one attached hydrogen (secondary N) is 1. The highest BCUT2D eigenvalue weighted by Crippen LogP contribution is 2.27. The van der Waals surface area contributed by atoms with E-state index in [-0.39, 0.29) is 12.5 Å². The summed E-state index contributed by atoms with van der Waals surface area (Å²) >= 11 is 0. The Morgan fingerprint density at radius 2 is 1.58 bits per heavy atom. The summed E-state index contributed by atoms with van der Waals surface area (Å²) in [6.45, 7) is 4.04. The summed E-state index contributed by atoms with van der Waals surface area (Å²) in [5, 5.41) is 7.18. The second-order valence-electron chi connectivity index (χ2n) is 7.64. The standard InChI is InChI=1S/C24H24N4O3/c1-3-16(2)28-21(13-14-25-28)26-22(29)20(15-17-9-5-4-6-10-17)27-23(30)18-11-7-8-12-19(18)24(27)31/h4-14,16,20H,3,15H2,1-2H3,(H,26,29)/t16-,20+/m1/s1. The van der Waals surface area contributed by atoms with E-state index < -0.39 is 23.8 Å². The van der Waals surface area contributed by atoms with Gasteiger partial charge in [-0.15, -0.1) is 0 Å². The summed E-state index contributed by atoms with van der Waals surface area (Å²) < 4.78 is 1.74. The molecule has 0 unspecified atom stereocenters. The Kier molecular flexibility index (Phi) is 5.66. The summed E-state index contributed by atoms with van der Waals surface area (Å²) in [6.07, 6.45) is 2.68. The van der Waals surface area contributed by atoms with Crippen molar-refractivity contribution in [2.24, 2.45) is 0 Å². The van der Waals surface area contributed by atoms with Gasteiger partial charge in [0.05, 0.1) is 23.4 Å². The number of hydrogen-bond acceptors (Lipinski definition) is 4. The lowest BCUT2D eigenvalue weighted by Gasteiger charge is -2.26. The van der Waals surface area contributed by atoms with E-state index in [1.54, 1.807) is 41.2 Å². The maximum Gasteiger partial charge on any atom is 0.262 e. The first-order valence-electron chi connectivity index (χ1n) is 10.4. The van der Waals surface area contributed by atoms with Gasteiger partial charge in [0, 0.05) is 12.5 Å². The van der Waals surface area contributed by atoms with E-state index >= 15 is 0 Å². The van der Waals surface area contributed by atoms with Crippen molar-refractivity contribution in [2.45, 2.75) is 38.8 Å². The molecule has 0 fully saturated rings. The summed E-state index contributed by atoms with van der Waals surface area (Å²) in [5.74, 6) is -0.795. The number of aromatic nitrogens is 2. The number of carbonyl (C=O) groups excluding carboxylic acids is 3. The molecule has 7 heteroatoms. The summed E-state index contributed by atoms with van der Waals surface area (Å²) in [6, 6.07) is 16.8. The van der Waals surface area contributed by atoms with E-state index in [9.17, 15) is 14.4 Å². The molecule has 0 saturated carbocycles. The van der Waals surface area contributed by atoms with E-state index in [1.807, 2.05) is 44.2 Å². The van der Waals surface area contributed by atoms with Crippen LogP contribution in [0.25, 0.3) is 0 Å². The summed E-state index contributed by atoms with van der Waals surface area (Å²) in [4.78, 5) is 40.6. The van der Waals surface area contributed by atoms with Gasteiger partial charge in [-0.05, 0) is 31.0 Å². The van der Waals surface area contributed by atoms with Crippen LogP contribution in [0.4, 0.5) is 5.82 Å². The fraction of sp³-hybridized carbons (Fsp3) is 0.250. The number of fused-ring (bicyclic) bond motifs is 1. The molecule has 2 aromatic carbocycles. The number of benzene rings is 2. The maximum absolute atomic E-state index is 13.4. The van der Waals surface area contributed by atoms with Crippen molar-refractivity contribution in [3.8, 4) is 0 Å². The normalized spacial score (nSPS) is 15.0. The van der Waals surface area contributed by atoms with Crippen LogP contribution in [0.15, 0.2) is 66.9 Å². The minimum absolute atomic E-state index is 0.0946. The molecular formula is C24H24N4O3. The smallest absolute Gasteiger partial charge is 0.262 e. The molecule has 1 aliphatic heterocycles. The van der Waals surface area contributed by atoms with Gasteiger partial charge in [-0.2, -0.15) is 5.10 Å². The number of hydrogen-bond donors (Lipinski definition) is 1. The van der Waals surface area contributed by atoms with Crippen molar-refractivity contribution in [3.63, 3.8) is 0 Å². The molecule has 1 aromatic heterocycles. The third kappa shape index (κ3) is 3.86. The molecule has 2 atom stereocenters. The fourth-order valence-corrected chi connectivity index (χ4v) is 3.78. The van der Waals surface area contributed by atoms with Gasteiger partial charge in [-0.3, -0.25) is 19.3 Å². The molecule has 31 heavy (non-hydrogen) atoms. The van der Waals surface area contributed by atoms with Crippen LogP contribution in [0.2, 0.25) is 0 Å². The second kappa shape index (κ2) is 8.55. The number of amides is 3. The molecular weight excluding hydrogens is 392 g/mol.